The summed E-state index contributed by atoms with van der Waals surface area (Å²) in [6, 6.07) is 8.98. The number of pyridine rings is 1. The fourth-order valence-electron chi connectivity index (χ4n) is 4.89. The minimum absolute atomic E-state index is 0.0766. The van der Waals surface area contributed by atoms with Crippen LogP contribution < -0.4 is 15.8 Å². The molecule has 0 spiro atoms. The van der Waals surface area contributed by atoms with Crippen molar-refractivity contribution in [2.75, 3.05) is 13.7 Å². The third-order valence-corrected chi connectivity index (χ3v) is 6.69. The molecule has 0 bridgehead atoms. The molecule has 0 radical (unpaired) electrons. The first-order chi connectivity index (χ1) is 20.1. The van der Waals surface area contributed by atoms with Crippen LogP contribution in [0, 0.1) is 17.5 Å². The number of esters is 1. The van der Waals surface area contributed by atoms with E-state index in [0.29, 0.717) is 29.7 Å². The first-order valence-corrected chi connectivity index (χ1v) is 12.7. The molecule has 0 saturated heterocycles. The Labute approximate surface area is 237 Å². The van der Waals surface area contributed by atoms with Gasteiger partial charge in [0.1, 0.15) is 24.0 Å². The number of fused-ring (bicyclic) bond motifs is 1. The number of ether oxygens (including phenoxy) is 2. The minimum atomic E-state index is -0.976. The maximum Gasteiger partial charge on any atom is 0.356 e. The number of carbonyl (C=O) groups excluding carboxylic acids is 3. The molecular weight excluding hydrogens is 555 g/mol. The summed E-state index contributed by atoms with van der Waals surface area (Å²) in [6.45, 7) is -0.0797. The lowest BCUT2D eigenvalue weighted by molar-refractivity contribution is -0.122. The quantitative estimate of drug-likeness (QED) is 0.290. The van der Waals surface area contributed by atoms with Gasteiger partial charge < -0.3 is 20.5 Å². The summed E-state index contributed by atoms with van der Waals surface area (Å²) in [7, 11) is 1.21. The van der Waals surface area contributed by atoms with Gasteiger partial charge in [-0.15, -0.1) is 5.10 Å². The van der Waals surface area contributed by atoms with Crippen molar-refractivity contribution in [1.82, 2.24) is 20.1 Å². The van der Waals surface area contributed by atoms with Crippen molar-refractivity contribution in [3.63, 3.8) is 0 Å². The lowest BCUT2D eigenvalue weighted by atomic mass is 9.94. The van der Waals surface area contributed by atoms with Gasteiger partial charge in [0.05, 0.1) is 36.6 Å². The molecule has 5 rings (SSSR count). The molecule has 1 atom stereocenters. The number of rotatable bonds is 9. The van der Waals surface area contributed by atoms with E-state index < -0.39 is 47.8 Å². The van der Waals surface area contributed by atoms with E-state index in [1.54, 1.807) is 12.1 Å². The summed E-state index contributed by atoms with van der Waals surface area (Å²) in [6.07, 6.45) is 1.77. The van der Waals surface area contributed by atoms with Gasteiger partial charge in [-0.25, -0.2) is 22.6 Å². The number of nitrogens with two attached hydrogens (primary N) is 1. The van der Waals surface area contributed by atoms with Crippen LogP contribution in [0.5, 0.6) is 5.88 Å². The number of carbonyl (C=O) groups is 3. The molecule has 4 aromatic rings. The number of methoxy groups -OCH3 is 1. The van der Waals surface area contributed by atoms with Crippen LogP contribution in [0.2, 0.25) is 0 Å². The van der Waals surface area contributed by atoms with Crippen LogP contribution in [0.3, 0.4) is 0 Å². The second-order valence-electron chi connectivity index (χ2n) is 9.48. The maximum atomic E-state index is 14.2. The van der Waals surface area contributed by atoms with Gasteiger partial charge in [-0.1, -0.05) is 12.1 Å². The highest BCUT2D eigenvalue weighted by Gasteiger charge is 2.30. The van der Waals surface area contributed by atoms with Gasteiger partial charge in [0, 0.05) is 24.2 Å². The Morgan fingerprint density at radius 2 is 1.88 bits per heavy atom. The Kier molecular flexibility index (Phi) is 7.91. The van der Waals surface area contributed by atoms with E-state index in [2.05, 4.69) is 15.4 Å². The average Bonchev–Trinajstić information content (AvgIpc) is 3.53. The Morgan fingerprint density at radius 3 is 2.60 bits per heavy atom. The number of nitrogens with one attached hydrogen (secondary N) is 1. The zero-order valence-electron chi connectivity index (χ0n) is 22.2. The molecule has 2 aromatic carbocycles. The summed E-state index contributed by atoms with van der Waals surface area (Å²) in [5.41, 5.74) is 6.83. The maximum absolute atomic E-state index is 14.2. The largest absolute Gasteiger partial charge is 0.476 e. The van der Waals surface area contributed by atoms with Gasteiger partial charge >= 0.3 is 5.97 Å². The van der Waals surface area contributed by atoms with E-state index in [4.69, 9.17) is 15.2 Å². The van der Waals surface area contributed by atoms with E-state index >= 15 is 0 Å². The minimum Gasteiger partial charge on any atom is -0.476 e. The number of amides is 2. The summed E-state index contributed by atoms with van der Waals surface area (Å²) < 4.78 is 53.8. The molecule has 1 aliphatic rings. The predicted octanol–water partition coefficient (Wildman–Crippen LogP) is 3.28. The third-order valence-electron chi connectivity index (χ3n) is 6.69. The van der Waals surface area contributed by atoms with Gasteiger partial charge in [-0.3, -0.25) is 14.6 Å². The van der Waals surface area contributed by atoms with Crippen molar-refractivity contribution in [1.29, 1.82) is 0 Å². The second kappa shape index (κ2) is 11.7. The van der Waals surface area contributed by atoms with E-state index in [1.165, 1.54) is 30.1 Å². The zero-order valence-corrected chi connectivity index (χ0v) is 22.2. The van der Waals surface area contributed by atoms with E-state index in [-0.39, 0.29) is 34.8 Å². The van der Waals surface area contributed by atoms with Gasteiger partial charge in [0.25, 0.3) is 5.91 Å². The van der Waals surface area contributed by atoms with Crippen LogP contribution in [0.4, 0.5) is 13.2 Å². The SMILES string of the molecule is COC(=O)c1c2c(nn1CC(=O)N[C@@H](Cc1cc(F)cc(F)c1)c1ncccc1-c1ccc(F)c(C(N)=O)c1)OCC2. The molecule has 1 aliphatic heterocycles. The number of hydrogen-bond donors (Lipinski definition) is 2. The average molecular weight is 580 g/mol. The molecule has 3 heterocycles. The monoisotopic (exact) mass is 579 g/mol. The Hall–Kier alpha value is -5.20. The first kappa shape index (κ1) is 28.3. The molecule has 10 nitrogen and oxygen atoms in total. The lowest BCUT2D eigenvalue weighted by Crippen LogP contribution is -2.34. The Balaban J connectivity index is 1.52. The molecule has 2 aromatic heterocycles. The summed E-state index contributed by atoms with van der Waals surface area (Å²) in [5.74, 6) is -4.49. The molecule has 0 saturated carbocycles. The molecule has 216 valence electrons. The normalized spacial score (nSPS) is 12.8. The smallest absolute Gasteiger partial charge is 0.356 e. The number of nitrogens with zero attached hydrogens (tertiary/aromatic N) is 3. The number of halogens is 3. The van der Waals surface area contributed by atoms with Crippen molar-refractivity contribution in [2.24, 2.45) is 5.73 Å². The number of aromatic nitrogens is 3. The zero-order chi connectivity index (χ0) is 30.0. The summed E-state index contributed by atoms with van der Waals surface area (Å²) in [4.78, 5) is 42.1. The number of primary amides is 1. The Bertz CT molecular complexity index is 1690. The van der Waals surface area contributed by atoms with Crippen LogP contribution >= 0.6 is 0 Å². The summed E-state index contributed by atoms with van der Waals surface area (Å²) in [5, 5.41) is 7.04. The predicted molar refractivity (Wildman–Crippen MR) is 142 cm³/mol. The van der Waals surface area contributed by atoms with Crippen LogP contribution in [0.15, 0.2) is 54.7 Å². The van der Waals surface area contributed by atoms with Gasteiger partial charge in [0.15, 0.2) is 5.69 Å². The number of benzene rings is 2. The molecule has 2 amide bonds. The molecule has 13 heteroatoms. The van der Waals surface area contributed by atoms with Crippen LogP contribution in [-0.2, 0) is 28.9 Å². The van der Waals surface area contributed by atoms with E-state index in [1.807, 2.05) is 0 Å². The van der Waals surface area contributed by atoms with Crippen LogP contribution in [0.1, 0.15) is 43.7 Å². The number of hydrogen-bond acceptors (Lipinski definition) is 7. The fourth-order valence-corrected chi connectivity index (χ4v) is 4.89. The topological polar surface area (TPSA) is 138 Å². The van der Waals surface area contributed by atoms with Crippen molar-refractivity contribution < 1.29 is 37.0 Å². The second-order valence-corrected chi connectivity index (χ2v) is 9.48. The van der Waals surface area contributed by atoms with Crippen molar-refractivity contribution in [2.45, 2.75) is 25.4 Å². The molecule has 0 aliphatic carbocycles. The highest BCUT2D eigenvalue weighted by molar-refractivity contribution is 5.94. The highest BCUT2D eigenvalue weighted by Crippen LogP contribution is 2.31. The van der Waals surface area contributed by atoms with Gasteiger partial charge in [-0.2, -0.15) is 0 Å². The van der Waals surface area contributed by atoms with Crippen molar-refractivity contribution >= 4 is 17.8 Å². The fraction of sp³-hybridized carbons (Fsp3) is 0.207. The standard InChI is InChI=1S/C29H24F3N5O5/c1-41-29(40)26-20-6-8-42-28(20)36-37(26)14-24(38)35-23(11-15-9-17(30)13-18(31)10-15)25-19(3-2-7-34-25)16-4-5-22(32)21(12-16)27(33)39/h2-5,7,9-10,12-13,23H,6,8,11,14H2,1H3,(H2,33,39)(H,35,38)/t23-/m0/s1. The Morgan fingerprint density at radius 1 is 1.12 bits per heavy atom. The van der Waals surface area contributed by atoms with Crippen molar-refractivity contribution in [3.05, 3.63) is 100 Å². The molecule has 3 N–H and O–H groups in total. The van der Waals surface area contributed by atoms with E-state index in [0.717, 1.165) is 24.3 Å². The van der Waals surface area contributed by atoms with E-state index in [9.17, 15) is 27.6 Å². The molecule has 42 heavy (non-hydrogen) atoms. The highest BCUT2D eigenvalue weighted by atomic mass is 19.1. The molecule has 0 fully saturated rings. The molecular formula is C29H24F3N5O5. The lowest BCUT2D eigenvalue weighted by Gasteiger charge is -2.22. The third kappa shape index (κ3) is 5.80. The van der Waals surface area contributed by atoms with Gasteiger partial charge in [0.2, 0.25) is 11.8 Å². The first-order valence-electron chi connectivity index (χ1n) is 12.7. The van der Waals surface area contributed by atoms with Crippen LogP contribution in [0.25, 0.3) is 11.1 Å². The van der Waals surface area contributed by atoms with Gasteiger partial charge in [-0.05, 0) is 47.9 Å². The van der Waals surface area contributed by atoms with Crippen LogP contribution in [-0.4, -0.2) is 46.3 Å². The van der Waals surface area contributed by atoms with Crippen molar-refractivity contribution in [3.8, 4) is 17.0 Å². The summed E-state index contributed by atoms with van der Waals surface area (Å²) >= 11 is 0. The molecule has 0 unspecified atom stereocenters.